The third kappa shape index (κ3) is 3.61. The van der Waals surface area contributed by atoms with Gasteiger partial charge >= 0.3 is 0 Å². The van der Waals surface area contributed by atoms with Crippen LogP contribution in [0.5, 0.6) is 0 Å². The predicted molar refractivity (Wildman–Crippen MR) is 65.2 cm³/mol. The molecular formula is C10H14BrClS. The molecule has 0 saturated heterocycles. The molecule has 13 heavy (non-hydrogen) atoms. The molecule has 0 amide bonds. The van der Waals surface area contributed by atoms with E-state index in [1.54, 1.807) is 11.3 Å². The van der Waals surface area contributed by atoms with E-state index in [1.165, 1.54) is 4.88 Å². The van der Waals surface area contributed by atoms with Crippen LogP contribution in [0.15, 0.2) is 12.1 Å². The Morgan fingerprint density at radius 1 is 1.46 bits per heavy atom. The highest BCUT2D eigenvalue weighted by atomic mass is 79.9. The van der Waals surface area contributed by atoms with Gasteiger partial charge in [-0.25, -0.2) is 0 Å². The van der Waals surface area contributed by atoms with Gasteiger partial charge in [0, 0.05) is 10.2 Å². The lowest BCUT2D eigenvalue weighted by molar-refractivity contribution is 0.429. The highest BCUT2D eigenvalue weighted by Crippen LogP contribution is 2.26. The van der Waals surface area contributed by atoms with E-state index in [9.17, 15) is 0 Å². The first kappa shape index (κ1) is 11.5. The van der Waals surface area contributed by atoms with Crippen molar-refractivity contribution in [2.24, 2.45) is 11.8 Å². The molecule has 3 heteroatoms. The Bertz CT molecular complexity index is 257. The van der Waals surface area contributed by atoms with Gasteiger partial charge in [-0.2, -0.15) is 0 Å². The summed E-state index contributed by atoms with van der Waals surface area (Å²) in [6.45, 7) is 4.53. The zero-order valence-corrected chi connectivity index (χ0v) is 11.0. The summed E-state index contributed by atoms with van der Waals surface area (Å²) >= 11 is 11.1. The number of alkyl halides is 1. The SMILES string of the molecule is CC(C)C(CBr)Cc1ccc(Cl)s1. The van der Waals surface area contributed by atoms with Gasteiger partial charge in [0.15, 0.2) is 0 Å². The molecule has 0 radical (unpaired) electrons. The molecule has 0 spiro atoms. The standard InChI is InChI=1S/C10H14BrClS/c1-7(2)8(6-11)5-9-3-4-10(12)13-9/h3-4,7-8H,5-6H2,1-2H3. The fourth-order valence-corrected chi connectivity index (χ4v) is 3.35. The molecule has 1 aromatic rings. The third-order valence-electron chi connectivity index (χ3n) is 2.23. The third-order valence-corrected chi connectivity index (χ3v) is 4.32. The minimum Gasteiger partial charge on any atom is -0.128 e. The van der Waals surface area contributed by atoms with Crippen molar-refractivity contribution in [2.45, 2.75) is 20.3 Å². The van der Waals surface area contributed by atoms with Crippen LogP contribution in [0.25, 0.3) is 0 Å². The van der Waals surface area contributed by atoms with Crippen molar-refractivity contribution in [3.63, 3.8) is 0 Å². The number of hydrogen-bond acceptors (Lipinski definition) is 1. The molecule has 1 unspecified atom stereocenters. The molecule has 0 saturated carbocycles. The summed E-state index contributed by atoms with van der Waals surface area (Å²) in [5, 5.41) is 1.07. The van der Waals surface area contributed by atoms with Crippen molar-refractivity contribution in [3.8, 4) is 0 Å². The van der Waals surface area contributed by atoms with E-state index in [-0.39, 0.29) is 0 Å². The van der Waals surface area contributed by atoms with E-state index in [4.69, 9.17) is 11.6 Å². The van der Waals surface area contributed by atoms with Gasteiger partial charge in [0.2, 0.25) is 0 Å². The monoisotopic (exact) mass is 280 g/mol. The van der Waals surface area contributed by atoms with Gasteiger partial charge in [0.05, 0.1) is 4.34 Å². The average molecular weight is 282 g/mol. The molecule has 0 bridgehead atoms. The Kier molecular flexibility index (Phi) is 4.77. The molecule has 1 aromatic heterocycles. The van der Waals surface area contributed by atoms with Crippen molar-refractivity contribution in [1.29, 1.82) is 0 Å². The van der Waals surface area contributed by atoms with Gasteiger partial charge in [0.25, 0.3) is 0 Å². The topological polar surface area (TPSA) is 0 Å². The molecule has 1 heterocycles. The second kappa shape index (κ2) is 5.38. The lowest BCUT2D eigenvalue weighted by atomic mass is 9.94. The second-order valence-corrected chi connectivity index (χ2v) is 6.02. The van der Waals surface area contributed by atoms with Gasteiger partial charge < -0.3 is 0 Å². The molecule has 74 valence electrons. The molecule has 0 aromatic carbocycles. The quantitative estimate of drug-likeness (QED) is 0.707. The Morgan fingerprint density at radius 3 is 2.54 bits per heavy atom. The molecule has 1 atom stereocenters. The molecule has 0 aliphatic heterocycles. The Labute approximate surface area is 97.4 Å². The molecular weight excluding hydrogens is 268 g/mol. The van der Waals surface area contributed by atoms with E-state index in [0.29, 0.717) is 0 Å². The minimum atomic E-state index is 0.717. The first-order valence-electron chi connectivity index (χ1n) is 4.43. The van der Waals surface area contributed by atoms with Crippen LogP contribution in [0.4, 0.5) is 0 Å². The minimum absolute atomic E-state index is 0.717. The maximum Gasteiger partial charge on any atom is 0.0931 e. The van der Waals surface area contributed by atoms with E-state index < -0.39 is 0 Å². The fourth-order valence-electron chi connectivity index (χ4n) is 1.19. The molecule has 0 fully saturated rings. The Morgan fingerprint density at radius 2 is 2.15 bits per heavy atom. The van der Waals surface area contributed by atoms with Crippen LogP contribution in [0.3, 0.4) is 0 Å². The maximum absolute atomic E-state index is 5.87. The van der Waals surface area contributed by atoms with Crippen LogP contribution >= 0.6 is 38.9 Å². The van der Waals surface area contributed by atoms with Crippen LogP contribution in [-0.2, 0) is 6.42 Å². The fraction of sp³-hybridized carbons (Fsp3) is 0.600. The van der Waals surface area contributed by atoms with E-state index in [2.05, 4.69) is 35.8 Å². The molecule has 0 nitrogen and oxygen atoms in total. The lowest BCUT2D eigenvalue weighted by Gasteiger charge is -2.16. The number of halogens is 2. The van der Waals surface area contributed by atoms with Crippen molar-refractivity contribution in [1.82, 2.24) is 0 Å². The molecule has 0 aliphatic carbocycles. The van der Waals surface area contributed by atoms with Gasteiger partial charge in [0.1, 0.15) is 0 Å². The van der Waals surface area contributed by atoms with Crippen LogP contribution in [-0.4, -0.2) is 5.33 Å². The average Bonchev–Trinajstić information content (AvgIpc) is 2.46. The zero-order valence-electron chi connectivity index (χ0n) is 7.89. The summed E-state index contributed by atoms with van der Waals surface area (Å²) in [5.41, 5.74) is 0. The summed E-state index contributed by atoms with van der Waals surface area (Å²) in [7, 11) is 0. The highest BCUT2D eigenvalue weighted by molar-refractivity contribution is 9.09. The largest absolute Gasteiger partial charge is 0.128 e. The first-order chi connectivity index (χ1) is 6.13. The maximum atomic E-state index is 5.87. The second-order valence-electron chi connectivity index (χ2n) is 3.57. The van der Waals surface area contributed by atoms with Crippen LogP contribution in [0.1, 0.15) is 18.7 Å². The zero-order chi connectivity index (χ0) is 9.84. The summed E-state index contributed by atoms with van der Waals surface area (Å²) in [6, 6.07) is 4.11. The van der Waals surface area contributed by atoms with Crippen LogP contribution in [0, 0.1) is 11.8 Å². The van der Waals surface area contributed by atoms with E-state index in [1.807, 2.05) is 6.07 Å². The highest BCUT2D eigenvalue weighted by Gasteiger charge is 2.13. The van der Waals surface area contributed by atoms with Gasteiger partial charge in [-0.3, -0.25) is 0 Å². The first-order valence-corrected chi connectivity index (χ1v) is 6.75. The van der Waals surface area contributed by atoms with E-state index in [0.717, 1.165) is 27.9 Å². The number of rotatable bonds is 4. The summed E-state index contributed by atoms with van der Waals surface area (Å²) < 4.78 is 0.895. The van der Waals surface area contributed by atoms with Crippen LogP contribution in [0.2, 0.25) is 4.34 Å². The Hall–Kier alpha value is 0.470. The van der Waals surface area contributed by atoms with Crippen molar-refractivity contribution in [2.75, 3.05) is 5.33 Å². The molecule has 1 rings (SSSR count). The van der Waals surface area contributed by atoms with Crippen molar-refractivity contribution in [3.05, 3.63) is 21.3 Å². The summed E-state index contributed by atoms with van der Waals surface area (Å²) in [4.78, 5) is 1.39. The van der Waals surface area contributed by atoms with Gasteiger partial charge in [-0.15, -0.1) is 11.3 Å². The summed E-state index contributed by atoms with van der Waals surface area (Å²) in [6.07, 6.45) is 1.14. The normalized spacial score (nSPS) is 13.6. The van der Waals surface area contributed by atoms with E-state index >= 15 is 0 Å². The van der Waals surface area contributed by atoms with Gasteiger partial charge in [-0.1, -0.05) is 41.4 Å². The van der Waals surface area contributed by atoms with Crippen molar-refractivity contribution < 1.29 is 0 Å². The van der Waals surface area contributed by atoms with Crippen LogP contribution < -0.4 is 0 Å². The predicted octanol–water partition coefficient (Wildman–Crippen LogP) is 4.61. The van der Waals surface area contributed by atoms with Crippen molar-refractivity contribution >= 4 is 38.9 Å². The van der Waals surface area contributed by atoms with Gasteiger partial charge in [-0.05, 0) is 30.4 Å². The molecule has 0 N–H and O–H groups in total. The number of thiophene rings is 1. The molecule has 0 aliphatic rings. The number of hydrogen-bond donors (Lipinski definition) is 0. The Balaban J connectivity index is 2.56. The summed E-state index contributed by atoms with van der Waals surface area (Å²) in [5.74, 6) is 1.44. The lowest BCUT2D eigenvalue weighted by Crippen LogP contribution is -2.12. The smallest absolute Gasteiger partial charge is 0.0931 e.